The number of thiophene rings is 1. The average molecular weight is 409 g/mol. The van der Waals surface area contributed by atoms with Gasteiger partial charge in [-0.1, -0.05) is 13.8 Å². The van der Waals surface area contributed by atoms with Crippen molar-refractivity contribution in [2.75, 3.05) is 13.1 Å². The number of halogens is 2. The zero-order valence-electron chi connectivity index (χ0n) is 11.5. The molecule has 1 aliphatic heterocycles. The number of likely N-dealkylation sites (tertiary alicyclic amines) is 1. The first-order chi connectivity index (χ1) is 8.88. The second-order valence-corrected chi connectivity index (χ2v) is 9.40. The summed E-state index contributed by atoms with van der Waals surface area (Å²) in [6, 6.07) is 2.40. The highest BCUT2D eigenvalue weighted by molar-refractivity contribution is 9.12. The van der Waals surface area contributed by atoms with E-state index >= 15 is 0 Å². The first-order valence-corrected chi connectivity index (χ1v) is 9.00. The maximum absolute atomic E-state index is 12.4. The van der Waals surface area contributed by atoms with Crippen LogP contribution in [0.2, 0.25) is 0 Å². The van der Waals surface area contributed by atoms with E-state index in [2.05, 4.69) is 57.5 Å². The molecule has 0 aliphatic carbocycles. The van der Waals surface area contributed by atoms with E-state index in [1.807, 2.05) is 6.07 Å². The number of carbonyl (C=O) groups is 1. The molecule has 0 amide bonds. The van der Waals surface area contributed by atoms with Crippen molar-refractivity contribution in [1.29, 1.82) is 0 Å². The minimum atomic E-state index is 0.210. The fourth-order valence-electron chi connectivity index (χ4n) is 2.84. The normalized spacial score (nSPS) is 28.6. The van der Waals surface area contributed by atoms with E-state index in [0.29, 0.717) is 24.4 Å². The molecule has 1 aliphatic rings. The summed E-state index contributed by atoms with van der Waals surface area (Å²) in [5, 5.41) is 0. The van der Waals surface area contributed by atoms with Crippen LogP contribution in [-0.4, -0.2) is 29.8 Å². The number of Topliss-reactive ketones (excluding diaryl/α,β-unsaturated/α-hetero) is 1. The van der Waals surface area contributed by atoms with Gasteiger partial charge in [-0.05, 0) is 63.1 Å². The van der Waals surface area contributed by atoms with Crippen LogP contribution in [-0.2, 0) is 0 Å². The van der Waals surface area contributed by atoms with Gasteiger partial charge in [0.15, 0.2) is 5.78 Å². The smallest absolute Gasteiger partial charge is 0.178 e. The number of rotatable bonds is 3. The van der Waals surface area contributed by atoms with Crippen LogP contribution in [0.5, 0.6) is 0 Å². The lowest BCUT2D eigenvalue weighted by Gasteiger charge is -2.40. The third-order valence-electron chi connectivity index (χ3n) is 4.02. The molecule has 106 valence electrons. The zero-order chi connectivity index (χ0) is 14.2. The molecule has 1 fully saturated rings. The lowest BCUT2D eigenvalue weighted by molar-refractivity contribution is 0.0649. The molecule has 0 aromatic carbocycles. The van der Waals surface area contributed by atoms with Gasteiger partial charge in [-0.2, -0.15) is 0 Å². The quantitative estimate of drug-likeness (QED) is 0.668. The van der Waals surface area contributed by atoms with Crippen molar-refractivity contribution in [1.82, 2.24) is 4.90 Å². The fraction of sp³-hybridized carbons (Fsp3) is 0.643. The van der Waals surface area contributed by atoms with Crippen LogP contribution in [0.3, 0.4) is 0 Å². The molecular formula is C14H19Br2NOS. The first-order valence-electron chi connectivity index (χ1n) is 6.60. The minimum absolute atomic E-state index is 0.210. The zero-order valence-corrected chi connectivity index (χ0v) is 15.4. The van der Waals surface area contributed by atoms with Gasteiger partial charge in [0.1, 0.15) is 0 Å². The Morgan fingerprint density at radius 1 is 1.42 bits per heavy atom. The molecule has 0 N–H and O–H groups in total. The number of nitrogens with zero attached hydrogens (tertiary/aromatic N) is 1. The molecule has 1 saturated heterocycles. The highest BCUT2D eigenvalue weighted by Crippen LogP contribution is 2.33. The number of carbonyl (C=O) groups excluding carboxylic acids is 1. The van der Waals surface area contributed by atoms with Gasteiger partial charge in [-0.25, -0.2) is 0 Å². The van der Waals surface area contributed by atoms with Crippen molar-refractivity contribution in [3.05, 3.63) is 19.2 Å². The molecule has 1 aromatic heterocycles. The highest BCUT2D eigenvalue weighted by atomic mass is 79.9. The van der Waals surface area contributed by atoms with Crippen LogP contribution in [0.15, 0.2) is 13.6 Å². The molecule has 0 spiro atoms. The van der Waals surface area contributed by atoms with Crippen molar-refractivity contribution in [2.45, 2.75) is 33.2 Å². The van der Waals surface area contributed by atoms with Crippen LogP contribution >= 0.6 is 43.2 Å². The van der Waals surface area contributed by atoms with Crippen molar-refractivity contribution in [3.8, 4) is 0 Å². The largest absolute Gasteiger partial charge is 0.293 e. The summed E-state index contributed by atoms with van der Waals surface area (Å²) in [5.74, 6) is 1.55. The minimum Gasteiger partial charge on any atom is -0.293 e. The van der Waals surface area contributed by atoms with Gasteiger partial charge >= 0.3 is 0 Å². The monoisotopic (exact) mass is 407 g/mol. The average Bonchev–Trinajstić information content (AvgIpc) is 2.64. The standard InChI is InChI=1S/C14H19Br2NOS/c1-8-4-9(2)10(3)17(6-8)7-12(18)11-5-13(15)19-14(11)16/h5,8-10H,4,6-7H2,1-3H3. The van der Waals surface area contributed by atoms with Crippen LogP contribution < -0.4 is 0 Å². The molecule has 0 saturated carbocycles. The van der Waals surface area contributed by atoms with Gasteiger partial charge < -0.3 is 0 Å². The Hall–Kier alpha value is 0.290. The second-order valence-electron chi connectivity index (χ2n) is 5.65. The lowest BCUT2D eigenvalue weighted by Crippen LogP contribution is -2.47. The van der Waals surface area contributed by atoms with Gasteiger partial charge in [-0.3, -0.25) is 9.69 Å². The summed E-state index contributed by atoms with van der Waals surface area (Å²) in [6.07, 6.45) is 1.26. The van der Waals surface area contributed by atoms with Crippen LogP contribution in [0.25, 0.3) is 0 Å². The third kappa shape index (κ3) is 3.69. The summed E-state index contributed by atoms with van der Waals surface area (Å²) in [7, 11) is 0. The summed E-state index contributed by atoms with van der Waals surface area (Å²) < 4.78 is 1.92. The Bertz CT molecular complexity index is 474. The summed E-state index contributed by atoms with van der Waals surface area (Å²) in [6.45, 7) is 8.35. The van der Waals surface area contributed by atoms with E-state index < -0.39 is 0 Å². The number of piperidine rings is 1. The fourth-order valence-corrected chi connectivity index (χ4v) is 5.70. The number of ketones is 1. The van der Waals surface area contributed by atoms with E-state index in [0.717, 1.165) is 19.7 Å². The van der Waals surface area contributed by atoms with Gasteiger partial charge in [0.05, 0.1) is 14.1 Å². The Labute approximate surface area is 135 Å². The molecule has 2 nitrogen and oxygen atoms in total. The maximum atomic E-state index is 12.4. The molecule has 19 heavy (non-hydrogen) atoms. The highest BCUT2D eigenvalue weighted by Gasteiger charge is 2.30. The molecule has 3 atom stereocenters. The van der Waals surface area contributed by atoms with Gasteiger partial charge in [-0.15, -0.1) is 11.3 Å². The van der Waals surface area contributed by atoms with Crippen LogP contribution in [0.1, 0.15) is 37.6 Å². The predicted octanol–water partition coefficient (Wildman–Crippen LogP) is 4.82. The summed E-state index contributed by atoms with van der Waals surface area (Å²) in [5.41, 5.74) is 0.801. The van der Waals surface area contributed by atoms with Crippen molar-refractivity contribution < 1.29 is 4.79 Å². The molecule has 5 heteroatoms. The van der Waals surface area contributed by atoms with E-state index in [1.165, 1.54) is 6.42 Å². The topological polar surface area (TPSA) is 20.3 Å². The molecule has 2 rings (SSSR count). The van der Waals surface area contributed by atoms with Crippen LogP contribution in [0.4, 0.5) is 0 Å². The van der Waals surface area contributed by atoms with Crippen molar-refractivity contribution in [2.24, 2.45) is 11.8 Å². The maximum Gasteiger partial charge on any atom is 0.178 e. The van der Waals surface area contributed by atoms with E-state index in [9.17, 15) is 4.79 Å². The SMILES string of the molecule is CC1CC(C)C(C)N(CC(=O)c2cc(Br)sc2Br)C1. The van der Waals surface area contributed by atoms with E-state index in [-0.39, 0.29) is 5.78 Å². The van der Waals surface area contributed by atoms with E-state index in [1.54, 1.807) is 11.3 Å². The van der Waals surface area contributed by atoms with Crippen molar-refractivity contribution in [3.63, 3.8) is 0 Å². The molecule has 0 radical (unpaired) electrons. The summed E-state index contributed by atoms with van der Waals surface area (Å²) >= 11 is 8.46. The molecule has 2 heterocycles. The molecule has 0 bridgehead atoms. The Morgan fingerprint density at radius 3 is 2.68 bits per heavy atom. The molecule has 3 unspecified atom stereocenters. The summed E-state index contributed by atoms with van der Waals surface area (Å²) in [4.78, 5) is 14.8. The first kappa shape index (κ1) is 15.7. The van der Waals surface area contributed by atoms with Gasteiger partial charge in [0, 0.05) is 18.2 Å². The Kier molecular flexibility index (Phi) is 5.26. The molecule has 1 aromatic rings. The van der Waals surface area contributed by atoms with Crippen molar-refractivity contribution >= 4 is 49.0 Å². The van der Waals surface area contributed by atoms with Gasteiger partial charge in [0.25, 0.3) is 0 Å². The van der Waals surface area contributed by atoms with Crippen LogP contribution in [0, 0.1) is 11.8 Å². The predicted molar refractivity (Wildman–Crippen MR) is 88.0 cm³/mol. The lowest BCUT2D eigenvalue weighted by atomic mass is 9.86. The molecular weight excluding hydrogens is 390 g/mol. The third-order valence-corrected chi connectivity index (χ3v) is 6.36. The Balaban J connectivity index is 2.08. The number of hydrogen-bond donors (Lipinski definition) is 0. The number of hydrogen-bond acceptors (Lipinski definition) is 3. The van der Waals surface area contributed by atoms with Gasteiger partial charge in [0.2, 0.25) is 0 Å². The second kappa shape index (κ2) is 6.37. The van der Waals surface area contributed by atoms with E-state index in [4.69, 9.17) is 0 Å². The Morgan fingerprint density at radius 2 is 2.11 bits per heavy atom.